The lowest BCUT2D eigenvalue weighted by Gasteiger charge is -2.24. The van der Waals surface area contributed by atoms with E-state index < -0.39 is 0 Å². The van der Waals surface area contributed by atoms with Crippen molar-refractivity contribution in [2.75, 3.05) is 19.6 Å². The highest BCUT2D eigenvalue weighted by molar-refractivity contribution is 5.78. The number of rotatable bonds is 2. The molecule has 1 saturated heterocycles. The molecule has 1 N–H and O–H groups in total. The topological polar surface area (TPSA) is 71.3 Å². The van der Waals surface area contributed by atoms with E-state index in [1.807, 2.05) is 25.7 Å². The molecule has 1 amide bonds. The molecule has 1 aliphatic heterocycles. The Morgan fingerprint density at radius 3 is 2.82 bits per heavy atom. The first-order chi connectivity index (χ1) is 7.95. The van der Waals surface area contributed by atoms with Crippen molar-refractivity contribution in [3.63, 3.8) is 0 Å². The lowest BCUT2D eigenvalue weighted by molar-refractivity contribution is -0.124. The Bertz CT molecular complexity index is 408. The van der Waals surface area contributed by atoms with Crippen LogP contribution < -0.4 is 5.32 Å². The van der Waals surface area contributed by atoms with Crippen molar-refractivity contribution in [1.29, 1.82) is 0 Å². The number of hydrogen-bond acceptors (Lipinski definition) is 5. The van der Waals surface area contributed by atoms with Gasteiger partial charge in [0.1, 0.15) is 0 Å². The van der Waals surface area contributed by atoms with Crippen LogP contribution in [0.2, 0.25) is 0 Å². The van der Waals surface area contributed by atoms with Crippen LogP contribution >= 0.6 is 0 Å². The average molecular weight is 238 g/mol. The van der Waals surface area contributed by atoms with E-state index in [1.54, 1.807) is 0 Å². The number of aromatic nitrogens is 2. The van der Waals surface area contributed by atoms with Gasteiger partial charge in [-0.15, -0.1) is 0 Å². The Labute approximate surface area is 100 Å². The Balaban J connectivity index is 1.99. The normalized spacial score (nSPS) is 18.2. The second-order valence-corrected chi connectivity index (χ2v) is 5.33. The first-order valence-corrected chi connectivity index (χ1v) is 5.77. The number of carbonyl (C=O) groups excluding carboxylic acids is 1. The quantitative estimate of drug-likeness (QED) is 0.802. The van der Waals surface area contributed by atoms with Crippen molar-refractivity contribution < 1.29 is 9.32 Å². The maximum atomic E-state index is 11.2. The minimum Gasteiger partial charge on any atom is -0.354 e. The number of nitrogens with zero attached hydrogens (tertiary/aromatic N) is 3. The SMILES string of the molecule is CC(C)(C)c1nc(CN2CCNC(=O)C2)no1. The van der Waals surface area contributed by atoms with Gasteiger partial charge in [0.15, 0.2) is 5.82 Å². The largest absolute Gasteiger partial charge is 0.354 e. The van der Waals surface area contributed by atoms with Crippen LogP contribution in [0.3, 0.4) is 0 Å². The minimum atomic E-state index is -0.134. The molecule has 0 spiro atoms. The van der Waals surface area contributed by atoms with E-state index in [2.05, 4.69) is 15.5 Å². The predicted octanol–water partition coefficient (Wildman–Crippen LogP) is 0.299. The van der Waals surface area contributed by atoms with Gasteiger partial charge < -0.3 is 9.84 Å². The van der Waals surface area contributed by atoms with E-state index in [4.69, 9.17) is 4.52 Å². The van der Waals surface area contributed by atoms with Crippen LogP contribution in [0.4, 0.5) is 0 Å². The molecule has 1 aliphatic rings. The highest BCUT2D eigenvalue weighted by Crippen LogP contribution is 2.19. The van der Waals surface area contributed by atoms with E-state index in [1.165, 1.54) is 0 Å². The van der Waals surface area contributed by atoms with Gasteiger partial charge in [0.05, 0.1) is 13.1 Å². The second-order valence-electron chi connectivity index (χ2n) is 5.33. The van der Waals surface area contributed by atoms with Gasteiger partial charge in [0.25, 0.3) is 0 Å². The average Bonchev–Trinajstić information content (AvgIpc) is 2.65. The number of nitrogens with one attached hydrogen (secondary N) is 1. The molecule has 2 heterocycles. The molecule has 1 fully saturated rings. The van der Waals surface area contributed by atoms with Gasteiger partial charge in [-0.2, -0.15) is 4.98 Å². The molecule has 0 bridgehead atoms. The van der Waals surface area contributed by atoms with Gasteiger partial charge in [-0.3, -0.25) is 9.69 Å². The van der Waals surface area contributed by atoms with Crippen molar-refractivity contribution in [1.82, 2.24) is 20.4 Å². The van der Waals surface area contributed by atoms with Crippen LogP contribution in [-0.4, -0.2) is 40.6 Å². The standard InChI is InChI=1S/C11H18N4O2/c1-11(2,3)10-13-8(14-17-10)6-15-5-4-12-9(16)7-15/h4-7H2,1-3H3,(H,12,16). The molecule has 94 valence electrons. The zero-order valence-electron chi connectivity index (χ0n) is 10.5. The van der Waals surface area contributed by atoms with Gasteiger partial charge in [-0.1, -0.05) is 25.9 Å². The first-order valence-electron chi connectivity index (χ1n) is 5.77. The van der Waals surface area contributed by atoms with Crippen LogP contribution in [0, 0.1) is 0 Å². The van der Waals surface area contributed by atoms with Crippen LogP contribution in [0.15, 0.2) is 4.52 Å². The lowest BCUT2D eigenvalue weighted by Crippen LogP contribution is -2.47. The van der Waals surface area contributed by atoms with Crippen molar-refractivity contribution in [3.8, 4) is 0 Å². The molecule has 1 aromatic heterocycles. The molecular formula is C11H18N4O2. The maximum Gasteiger partial charge on any atom is 0.234 e. The first kappa shape index (κ1) is 12.0. The zero-order chi connectivity index (χ0) is 12.5. The molecule has 0 radical (unpaired) electrons. The molecule has 6 heteroatoms. The third kappa shape index (κ3) is 3.03. The number of carbonyl (C=O) groups is 1. The van der Waals surface area contributed by atoms with Crippen molar-refractivity contribution in [3.05, 3.63) is 11.7 Å². The maximum absolute atomic E-state index is 11.2. The fraction of sp³-hybridized carbons (Fsp3) is 0.727. The molecule has 1 aromatic rings. The van der Waals surface area contributed by atoms with Gasteiger partial charge in [0, 0.05) is 18.5 Å². The van der Waals surface area contributed by atoms with Crippen LogP contribution in [-0.2, 0) is 16.8 Å². The molecule has 0 aromatic carbocycles. The van der Waals surface area contributed by atoms with Crippen molar-refractivity contribution >= 4 is 5.91 Å². The predicted molar refractivity (Wildman–Crippen MR) is 61.3 cm³/mol. The van der Waals surface area contributed by atoms with Crippen molar-refractivity contribution in [2.45, 2.75) is 32.7 Å². The fourth-order valence-electron chi connectivity index (χ4n) is 1.65. The summed E-state index contributed by atoms with van der Waals surface area (Å²) in [6.07, 6.45) is 0. The van der Waals surface area contributed by atoms with E-state index in [0.717, 1.165) is 6.54 Å². The number of piperazine rings is 1. The Hall–Kier alpha value is -1.43. The molecule has 0 atom stereocenters. The van der Waals surface area contributed by atoms with E-state index >= 15 is 0 Å². The Morgan fingerprint density at radius 2 is 2.24 bits per heavy atom. The third-order valence-electron chi connectivity index (χ3n) is 2.59. The highest BCUT2D eigenvalue weighted by Gasteiger charge is 2.23. The number of amides is 1. The summed E-state index contributed by atoms with van der Waals surface area (Å²) >= 11 is 0. The minimum absolute atomic E-state index is 0.0517. The molecule has 6 nitrogen and oxygen atoms in total. The third-order valence-corrected chi connectivity index (χ3v) is 2.59. The zero-order valence-corrected chi connectivity index (χ0v) is 10.5. The van der Waals surface area contributed by atoms with Gasteiger partial charge >= 0.3 is 0 Å². The van der Waals surface area contributed by atoms with Gasteiger partial charge in [0.2, 0.25) is 11.8 Å². The van der Waals surface area contributed by atoms with Gasteiger partial charge in [-0.05, 0) is 0 Å². The van der Waals surface area contributed by atoms with Gasteiger partial charge in [-0.25, -0.2) is 0 Å². The van der Waals surface area contributed by atoms with Crippen LogP contribution in [0.1, 0.15) is 32.5 Å². The summed E-state index contributed by atoms with van der Waals surface area (Å²) in [5.41, 5.74) is -0.134. The Kier molecular flexibility index (Phi) is 3.15. The summed E-state index contributed by atoms with van der Waals surface area (Å²) in [7, 11) is 0. The summed E-state index contributed by atoms with van der Waals surface area (Å²) < 4.78 is 5.21. The molecule has 0 aliphatic carbocycles. The van der Waals surface area contributed by atoms with Crippen LogP contribution in [0.5, 0.6) is 0 Å². The molecule has 17 heavy (non-hydrogen) atoms. The van der Waals surface area contributed by atoms with E-state index in [0.29, 0.717) is 31.3 Å². The summed E-state index contributed by atoms with van der Waals surface area (Å²) in [4.78, 5) is 17.6. The molecule has 0 unspecified atom stereocenters. The second kappa shape index (κ2) is 4.44. The van der Waals surface area contributed by atoms with E-state index in [9.17, 15) is 4.79 Å². The summed E-state index contributed by atoms with van der Waals surface area (Å²) in [5, 5.41) is 6.72. The molecule has 2 rings (SSSR count). The summed E-state index contributed by atoms with van der Waals surface area (Å²) in [5.74, 6) is 1.33. The fourth-order valence-corrected chi connectivity index (χ4v) is 1.65. The molecule has 0 saturated carbocycles. The van der Waals surface area contributed by atoms with Crippen LogP contribution in [0.25, 0.3) is 0 Å². The highest BCUT2D eigenvalue weighted by atomic mass is 16.5. The summed E-state index contributed by atoms with van der Waals surface area (Å²) in [6, 6.07) is 0. The lowest BCUT2D eigenvalue weighted by atomic mass is 9.97. The summed E-state index contributed by atoms with van der Waals surface area (Å²) in [6.45, 7) is 8.55. The smallest absolute Gasteiger partial charge is 0.234 e. The Morgan fingerprint density at radius 1 is 1.47 bits per heavy atom. The monoisotopic (exact) mass is 238 g/mol. The van der Waals surface area contributed by atoms with Crippen molar-refractivity contribution in [2.24, 2.45) is 0 Å². The molecular weight excluding hydrogens is 220 g/mol. The van der Waals surface area contributed by atoms with E-state index in [-0.39, 0.29) is 11.3 Å². The number of hydrogen-bond donors (Lipinski definition) is 1.